The number of piperidine rings is 1. The molecule has 3 aliphatic heterocycles. The maximum Gasteiger partial charge on any atom is 0.248 e. The van der Waals surface area contributed by atoms with Gasteiger partial charge in [0.15, 0.2) is 11.6 Å². The molecule has 12 heteroatoms. The number of Topliss-reactive ketones (excluding diaryl/α,β-unsaturated/α-hetero) is 2. The van der Waals surface area contributed by atoms with Gasteiger partial charge in [-0.05, 0) is 107 Å². The molecule has 0 unspecified atom stereocenters. The number of ether oxygens (including phenoxy) is 3. The SMILES string of the molecule is CC1(C)COc2cc(O)ccc2C1=O.COc1ccc2c(c1CCN1CCC(n3ccc4ccc(C(N)=O)cc43)CC1)OCC(C)(C)C2=O.Oc1cccc(O)c1. The van der Waals surface area contributed by atoms with Crippen molar-refractivity contribution in [1.82, 2.24) is 9.47 Å². The number of amides is 1. The zero-order chi connectivity index (χ0) is 41.1. The zero-order valence-electron chi connectivity index (χ0n) is 33.1. The van der Waals surface area contributed by atoms with Gasteiger partial charge in [-0.1, -0.05) is 12.1 Å². The molecule has 5 aromatic rings. The van der Waals surface area contributed by atoms with Crippen LogP contribution in [-0.2, 0) is 6.42 Å². The molecule has 0 saturated carbocycles. The number of methoxy groups -OCH3 is 1. The number of benzene rings is 4. The van der Waals surface area contributed by atoms with Gasteiger partial charge in [0.05, 0.1) is 29.1 Å². The van der Waals surface area contributed by atoms with Crippen LogP contribution in [0, 0.1) is 10.8 Å². The van der Waals surface area contributed by atoms with Crippen molar-refractivity contribution in [2.75, 3.05) is 40.0 Å². The number of carbonyl (C=O) groups excluding carboxylic acids is 3. The predicted octanol–water partition coefficient (Wildman–Crippen LogP) is 7.32. The number of rotatable bonds is 6. The van der Waals surface area contributed by atoms with Crippen LogP contribution in [0.1, 0.15) is 83.2 Å². The van der Waals surface area contributed by atoms with Gasteiger partial charge >= 0.3 is 0 Å². The van der Waals surface area contributed by atoms with Crippen molar-refractivity contribution in [3.8, 4) is 34.5 Å². The molecule has 0 bridgehead atoms. The van der Waals surface area contributed by atoms with Gasteiger partial charge in [0, 0.05) is 60.6 Å². The molecule has 0 spiro atoms. The van der Waals surface area contributed by atoms with E-state index in [1.807, 2.05) is 52.0 Å². The van der Waals surface area contributed by atoms with Crippen LogP contribution in [0.25, 0.3) is 10.9 Å². The minimum Gasteiger partial charge on any atom is -0.508 e. The first-order valence-corrected chi connectivity index (χ1v) is 19.1. The number of fused-ring (bicyclic) bond motifs is 3. The minimum absolute atomic E-state index is 0.0683. The van der Waals surface area contributed by atoms with E-state index in [2.05, 4.69) is 21.7 Å². The molecule has 12 nitrogen and oxygen atoms in total. The van der Waals surface area contributed by atoms with Gasteiger partial charge in [-0.25, -0.2) is 0 Å². The summed E-state index contributed by atoms with van der Waals surface area (Å²) in [5.74, 6) is 2.03. The molecule has 1 fully saturated rings. The number of aromatic nitrogens is 1. The van der Waals surface area contributed by atoms with E-state index >= 15 is 0 Å². The summed E-state index contributed by atoms with van der Waals surface area (Å²) in [4.78, 5) is 38.9. The fraction of sp³-hybridized carbons (Fsp3) is 0.356. The molecule has 5 N–H and O–H groups in total. The Hall–Kier alpha value is -6.01. The normalized spacial score (nSPS) is 17.1. The van der Waals surface area contributed by atoms with E-state index in [0.717, 1.165) is 61.1 Å². The fourth-order valence-corrected chi connectivity index (χ4v) is 7.38. The van der Waals surface area contributed by atoms with Crippen molar-refractivity contribution >= 4 is 28.4 Å². The topological polar surface area (TPSA) is 174 Å². The van der Waals surface area contributed by atoms with Crippen LogP contribution in [0.15, 0.2) is 85.1 Å². The maximum absolute atomic E-state index is 12.9. The molecule has 3 aliphatic rings. The first-order chi connectivity index (χ1) is 27.1. The van der Waals surface area contributed by atoms with Gasteiger partial charge in [-0.3, -0.25) is 14.4 Å². The molecule has 300 valence electrons. The number of hydrogen-bond donors (Lipinski definition) is 4. The number of primary amides is 1. The second-order valence-corrected chi connectivity index (χ2v) is 16.0. The lowest BCUT2D eigenvalue weighted by molar-refractivity contribution is 0.0684. The molecule has 0 aliphatic carbocycles. The summed E-state index contributed by atoms with van der Waals surface area (Å²) in [7, 11) is 1.66. The quantitative estimate of drug-likeness (QED) is 0.137. The Morgan fingerprint density at radius 3 is 2.07 bits per heavy atom. The van der Waals surface area contributed by atoms with E-state index in [1.54, 1.807) is 25.3 Å². The fourth-order valence-electron chi connectivity index (χ4n) is 7.38. The van der Waals surface area contributed by atoms with Gasteiger partial charge in [0.25, 0.3) is 0 Å². The van der Waals surface area contributed by atoms with E-state index in [4.69, 9.17) is 30.2 Å². The molecule has 8 rings (SSSR count). The third-order valence-electron chi connectivity index (χ3n) is 10.8. The number of carbonyl (C=O) groups is 3. The molecule has 0 atom stereocenters. The Kier molecular flexibility index (Phi) is 11.8. The highest BCUT2D eigenvalue weighted by Gasteiger charge is 2.38. The molecule has 4 aromatic carbocycles. The molecule has 1 saturated heterocycles. The average molecular weight is 778 g/mol. The monoisotopic (exact) mass is 777 g/mol. The maximum atomic E-state index is 12.9. The molecule has 1 amide bonds. The highest BCUT2D eigenvalue weighted by atomic mass is 16.5. The summed E-state index contributed by atoms with van der Waals surface area (Å²) >= 11 is 0. The summed E-state index contributed by atoms with van der Waals surface area (Å²) in [6, 6.07) is 22.3. The van der Waals surface area contributed by atoms with Gasteiger partial charge < -0.3 is 44.7 Å². The molecule has 57 heavy (non-hydrogen) atoms. The first-order valence-electron chi connectivity index (χ1n) is 19.1. The van der Waals surface area contributed by atoms with Crippen molar-refractivity contribution in [1.29, 1.82) is 0 Å². The lowest BCUT2D eigenvalue weighted by atomic mass is 9.82. The molecule has 4 heterocycles. The third-order valence-corrected chi connectivity index (χ3v) is 10.8. The van der Waals surface area contributed by atoms with Crippen molar-refractivity contribution < 1.29 is 43.9 Å². The summed E-state index contributed by atoms with van der Waals surface area (Å²) in [5.41, 5.74) is 8.31. The average Bonchev–Trinajstić information content (AvgIpc) is 3.61. The lowest BCUT2D eigenvalue weighted by Crippen LogP contribution is -2.37. The number of nitrogens with zero attached hydrogens (tertiary/aromatic N) is 2. The van der Waals surface area contributed by atoms with Crippen LogP contribution >= 0.6 is 0 Å². The smallest absolute Gasteiger partial charge is 0.248 e. The number of likely N-dealkylation sites (tertiary alicyclic amines) is 1. The van der Waals surface area contributed by atoms with Crippen LogP contribution < -0.4 is 19.9 Å². The molecule has 0 radical (unpaired) electrons. The number of nitrogens with two attached hydrogens (primary N) is 1. The Morgan fingerprint density at radius 1 is 0.807 bits per heavy atom. The van der Waals surface area contributed by atoms with E-state index in [0.29, 0.717) is 47.4 Å². The van der Waals surface area contributed by atoms with Gasteiger partial charge in [-0.2, -0.15) is 0 Å². The summed E-state index contributed by atoms with van der Waals surface area (Å²) < 4.78 is 19.4. The van der Waals surface area contributed by atoms with Crippen molar-refractivity contribution in [3.05, 3.63) is 107 Å². The van der Waals surface area contributed by atoms with Gasteiger partial charge in [0.1, 0.15) is 47.7 Å². The number of aromatic hydroxyl groups is 3. The second kappa shape index (κ2) is 16.6. The molecule has 1 aromatic heterocycles. The highest BCUT2D eigenvalue weighted by molar-refractivity contribution is 6.04. The summed E-state index contributed by atoms with van der Waals surface area (Å²) in [6.07, 6.45) is 4.93. The number of phenols is 3. The molecular formula is C45H51N3O9. The van der Waals surface area contributed by atoms with Crippen LogP contribution in [0.5, 0.6) is 34.5 Å². The second-order valence-electron chi connectivity index (χ2n) is 16.0. The van der Waals surface area contributed by atoms with E-state index in [-0.39, 0.29) is 28.8 Å². The summed E-state index contributed by atoms with van der Waals surface area (Å²) in [5, 5.41) is 27.6. The third kappa shape index (κ3) is 9.02. The molecular weight excluding hydrogens is 727 g/mol. The minimum atomic E-state index is -0.512. The van der Waals surface area contributed by atoms with Crippen LogP contribution in [0.2, 0.25) is 0 Å². The Balaban J connectivity index is 0.000000202. The largest absolute Gasteiger partial charge is 0.508 e. The van der Waals surface area contributed by atoms with E-state index in [1.165, 1.54) is 30.3 Å². The Bertz CT molecular complexity index is 2270. The Morgan fingerprint density at radius 2 is 1.44 bits per heavy atom. The van der Waals surface area contributed by atoms with Gasteiger partial charge in [0.2, 0.25) is 5.91 Å². The van der Waals surface area contributed by atoms with Crippen LogP contribution in [-0.4, -0.2) is 82.2 Å². The Labute approximate surface area is 332 Å². The van der Waals surface area contributed by atoms with Crippen molar-refractivity contribution in [3.63, 3.8) is 0 Å². The summed E-state index contributed by atoms with van der Waals surface area (Å²) in [6.45, 7) is 11.1. The number of hydrogen-bond acceptors (Lipinski definition) is 10. The predicted molar refractivity (Wildman–Crippen MR) is 217 cm³/mol. The lowest BCUT2D eigenvalue weighted by Gasteiger charge is -2.34. The highest BCUT2D eigenvalue weighted by Crippen LogP contribution is 2.41. The standard InChI is InChI=1S/C28H33N3O4.C11H12O3.C6H6O2/c1-28(2)17-35-25-21(24(34-3)7-6-22(25)26(28)32)11-14-30-12-9-20(10-13-30)31-15-8-18-4-5-19(27(29)33)16-23(18)31;1-11(2)6-14-9-5-7(12)3-4-8(9)10(11)13;7-5-2-1-3-6(8)4-5/h4-8,15-16,20H,9-14,17H2,1-3H3,(H2,29,33);3-5,12H,6H2,1-2H3;1-4,7-8H. The van der Waals surface area contributed by atoms with Crippen LogP contribution in [0.4, 0.5) is 0 Å². The van der Waals surface area contributed by atoms with Crippen molar-refractivity contribution in [2.45, 2.75) is 53.0 Å². The zero-order valence-corrected chi connectivity index (χ0v) is 33.1. The van der Waals surface area contributed by atoms with Crippen LogP contribution in [0.3, 0.4) is 0 Å². The van der Waals surface area contributed by atoms with Crippen molar-refractivity contribution in [2.24, 2.45) is 16.6 Å². The van der Waals surface area contributed by atoms with E-state index < -0.39 is 16.7 Å². The van der Waals surface area contributed by atoms with E-state index in [9.17, 15) is 19.5 Å². The first kappa shape index (κ1) is 40.6. The van der Waals surface area contributed by atoms with Gasteiger partial charge in [-0.15, -0.1) is 0 Å². The number of ketones is 2. The number of phenolic OH excluding ortho intramolecular Hbond substituents is 3.